The van der Waals surface area contributed by atoms with Gasteiger partial charge in [0.05, 0.1) is 10.7 Å². The summed E-state index contributed by atoms with van der Waals surface area (Å²) in [4.78, 5) is 23.6. The smallest absolute Gasteiger partial charge is 0.276 e. The molecule has 0 aliphatic carbocycles. The lowest BCUT2D eigenvalue weighted by Crippen LogP contribution is -2.39. The first-order chi connectivity index (χ1) is 11.1. The van der Waals surface area contributed by atoms with Crippen LogP contribution < -0.4 is 0 Å². The monoisotopic (exact) mass is 333 g/mol. The highest BCUT2D eigenvalue weighted by molar-refractivity contribution is 7.09. The van der Waals surface area contributed by atoms with Crippen molar-refractivity contribution in [3.8, 4) is 0 Å². The van der Waals surface area contributed by atoms with E-state index in [1.807, 2.05) is 18.7 Å². The van der Waals surface area contributed by atoms with Crippen molar-refractivity contribution in [2.45, 2.75) is 51.9 Å². The highest BCUT2D eigenvalue weighted by Gasteiger charge is 2.30. The number of thiazole rings is 1. The number of likely N-dealkylation sites (tertiary alicyclic amines) is 1. The average Bonchev–Trinajstić information content (AvgIpc) is 3.23. The van der Waals surface area contributed by atoms with Gasteiger partial charge in [0, 0.05) is 30.3 Å². The minimum atomic E-state index is -0.0144. The summed E-state index contributed by atoms with van der Waals surface area (Å²) in [6.45, 7) is 7.65. The molecule has 0 bridgehead atoms. The molecule has 124 valence electrons. The molecule has 0 saturated carbocycles. The molecule has 0 N–H and O–H groups in total. The van der Waals surface area contributed by atoms with E-state index >= 15 is 0 Å². The van der Waals surface area contributed by atoms with Gasteiger partial charge in [-0.05, 0) is 19.3 Å². The van der Waals surface area contributed by atoms with Crippen molar-refractivity contribution >= 4 is 17.2 Å². The first-order valence-corrected chi connectivity index (χ1v) is 9.15. The van der Waals surface area contributed by atoms with Gasteiger partial charge in [-0.3, -0.25) is 4.79 Å². The van der Waals surface area contributed by atoms with E-state index in [0.29, 0.717) is 17.4 Å². The number of oxazole rings is 1. The van der Waals surface area contributed by atoms with Crippen LogP contribution in [0.1, 0.15) is 72.4 Å². The Kier molecular flexibility index (Phi) is 4.80. The van der Waals surface area contributed by atoms with E-state index < -0.39 is 0 Å². The Labute approximate surface area is 140 Å². The van der Waals surface area contributed by atoms with Crippen LogP contribution >= 0.6 is 11.3 Å². The fraction of sp³-hybridized carbons (Fsp3) is 0.588. The van der Waals surface area contributed by atoms with Crippen LogP contribution in [0.25, 0.3) is 0 Å². The second kappa shape index (κ2) is 6.83. The Morgan fingerprint density at radius 1 is 1.52 bits per heavy atom. The first-order valence-electron chi connectivity index (χ1n) is 8.27. The third-order valence-corrected chi connectivity index (χ3v) is 5.37. The molecule has 1 aliphatic rings. The lowest BCUT2D eigenvalue weighted by molar-refractivity contribution is 0.0699. The Balaban J connectivity index is 1.75. The zero-order valence-electron chi connectivity index (χ0n) is 13.9. The van der Waals surface area contributed by atoms with E-state index in [0.717, 1.165) is 43.1 Å². The number of aromatic nitrogens is 2. The summed E-state index contributed by atoms with van der Waals surface area (Å²) in [5.41, 5.74) is 1.61. The molecule has 2 aromatic heterocycles. The predicted octanol–water partition coefficient (Wildman–Crippen LogP) is 3.84. The van der Waals surface area contributed by atoms with Crippen LogP contribution in [-0.4, -0.2) is 33.9 Å². The second-order valence-electron chi connectivity index (χ2n) is 6.34. The van der Waals surface area contributed by atoms with Crippen LogP contribution in [0, 0.1) is 0 Å². The molecule has 1 fully saturated rings. The van der Waals surface area contributed by atoms with Crippen molar-refractivity contribution in [1.82, 2.24) is 14.9 Å². The van der Waals surface area contributed by atoms with Gasteiger partial charge < -0.3 is 9.32 Å². The fourth-order valence-corrected chi connectivity index (χ4v) is 4.04. The second-order valence-corrected chi connectivity index (χ2v) is 7.23. The summed E-state index contributed by atoms with van der Waals surface area (Å²) < 4.78 is 5.40. The number of hydrogen-bond donors (Lipinski definition) is 0. The molecule has 3 rings (SSSR count). The quantitative estimate of drug-likeness (QED) is 0.853. The maximum absolute atomic E-state index is 12.8. The van der Waals surface area contributed by atoms with Crippen molar-refractivity contribution in [3.05, 3.63) is 33.9 Å². The minimum Gasteiger partial charge on any atom is -0.447 e. The first kappa shape index (κ1) is 16.2. The van der Waals surface area contributed by atoms with Gasteiger partial charge >= 0.3 is 0 Å². The number of carbonyl (C=O) groups excluding carboxylic acids is 1. The van der Waals surface area contributed by atoms with Crippen LogP contribution in [0.3, 0.4) is 0 Å². The summed E-state index contributed by atoms with van der Waals surface area (Å²) in [6, 6.07) is 0. The molecule has 6 heteroatoms. The zero-order valence-corrected chi connectivity index (χ0v) is 14.7. The summed E-state index contributed by atoms with van der Waals surface area (Å²) in [7, 11) is 0. The van der Waals surface area contributed by atoms with Crippen LogP contribution in [0.4, 0.5) is 0 Å². The summed E-state index contributed by atoms with van der Waals surface area (Å²) >= 11 is 1.72. The Bertz CT molecular complexity index is 677. The number of amides is 1. The number of hydrogen-bond acceptors (Lipinski definition) is 5. The van der Waals surface area contributed by atoms with Gasteiger partial charge in [0.1, 0.15) is 5.76 Å². The topological polar surface area (TPSA) is 59.2 Å². The van der Waals surface area contributed by atoms with E-state index in [1.165, 1.54) is 6.39 Å². The van der Waals surface area contributed by atoms with Crippen LogP contribution in [0.2, 0.25) is 0 Å². The van der Waals surface area contributed by atoms with Gasteiger partial charge in [0.25, 0.3) is 5.91 Å². The molecule has 1 atom stereocenters. The molecule has 3 heterocycles. The molecule has 0 aromatic carbocycles. The van der Waals surface area contributed by atoms with Crippen molar-refractivity contribution in [2.75, 3.05) is 13.1 Å². The van der Waals surface area contributed by atoms with Gasteiger partial charge in [-0.25, -0.2) is 9.97 Å². The number of carbonyl (C=O) groups is 1. The molecular weight excluding hydrogens is 310 g/mol. The number of aryl methyl sites for hydroxylation is 1. The highest BCUT2D eigenvalue weighted by atomic mass is 32.1. The molecule has 0 spiro atoms. The van der Waals surface area contributed by atoms with Crippen molar-refractivity contribution in [2.24, 2.45) is 0 Å². The van der Waals surface area contributed by atoms with E-state index in [4.69, 9.17) is 9.40 Å². The maximum Gasteiger partial charge on any atom is 0.276 e. The molecule has 0 radical (unpaired) electrons. The lowest BCUT2D eigenvalue weighted by Gasteiger charge is -2.31. The number of piperidine rings is 1. The van der Waals surface area contributed by atoms with E-state index in [2.05, 4.69) is 17.3 Å². The van der Waals surface area contributed by atoms with E-state index in [9.17, 15) is 4.79 Å². The average molecular weight is 333 g/mol. The largest absolute Gasteiger partial charge is 0.447 e. The van der Waals surface area contributed by atoms with Crippen LogP contribution in [0.15, 0.2) is 16.2 Å². The lowest BCUT2D eigenvalue weighted by atomic mass is 9.98. The van der Waals surface area contributed by atoms with Crippen molar-refractivity contribution in [1.29, 1.82) is 0 Å². The molecule has 1 aliphatic heterocycles. The zero-order chi connectivity index (χ0) is 16.4. The molecule has 23 heavy (non-hydrogen) atoms. The van der Waals surface area contributed by atoms with Crippen molar-refractivity contribution in [3.63, 3.8) is 0 Å². The molecule has 1 amide bonds. The molecule has 1 unspecified atom stereocenters. The SMILES string of the molecule is CCc1csc(C2CCCN(C(=O)c3ncoc3C(C)C)C2)n1. The standard InChI is InChI=1S/C17H23N3O2S/c1-4-13-9-23-16(19-13)12-6-5-7-20(8-12)17(21)14-15(11(2)3)22-10-18-14/h9-12H,4-8H2,1-3H3. The van der Waals surface area contributed by atoms with Crippen LogP contribution in [-0.2, 0) is 6.42 Å². The van der Waals surface area contributed by atoms with Gasteiger partial charge in [0.15, 0.2) is 12.1 Å². The number of nitrogens with zero attached hydrogens (tertiary/aromatic N) is 3. The highest BCUT2D eigenvalue weighted by Crippen LogP contribution is 2.30. The molecule has 2 aromatic rings. The number of rotatable bonds is 4. The third kappa shape index (κ3) is 3.32. The van der Waals surface area contributed by atoms with E-state index in [1.54, 1.807) is 11.3 Å². The van der Waals surface area contributed by atoms with Gasteiger partial charge in [0.2, 0.25) is 0 Å². The molecule has 1 saturated heterocycles. The van der Waals surface area contributed by atoms with Gasteiger partial charge in [-0.1, -0.05) is 20.8 Å². The Hall–Kier alpha value is -1.69. The maximum atomic E-state index is 12.8. The van der Waals surface area contributed by atoms with Gasteiger partial charge in [-0.2, -0.15) is 0 Å². The van der Waals surface area contributed by atoms with Crippen LogP contribution in [0.5, 0.6) is 0 Å². The van der Waals surface area contributed by atoms with Gasteiger partial charge in [-0.15, -0.1) is 11.3 Å². The summed E-state index contributed by atoms with van der Waals surface area (Å²) in [5.74, 6) is 1.16. The normalized spacial score (nSPS) is 18.6. The predicted molar refractivity (Wildman–Crippen MR) is 90.0 cm³/mol. The van der Waals surface area contributed by atoms with Crippen molar-refractivity contribution < 1.29 is 9.21 Å². The fourth-order valence-electron chi connectivity index (χ4n) is 3.01. The summed E-state index contributed by atoms with van der Waals surface area (Å²) in [6.07, 6.45) is 4.43. The summed E-state index contributed by atoms with van der Waals surface area (Å²) in [5, 5.41) is 3.29. The Morgan fingerprint density at radius 2 is 2.35 bits per heavy atom. The van der Waals surface area contributed by atoms with E-state index in [-0.39, 0.29) is 11.8 Å². The third-order valence-electron chi connectivity index (χ3n) is 4.31. The Morgan fingerprint density at radius 3 is 3.04 bits per heavy atom. The minimum absolute atomic E-state index is 0.0144. The molecular formula is C17H23N3O2S. The molecule has 5 nitrogen and oxygen atoms in total.